The van der Waals surface area contributed by atoms with Gasteiger partial charge in [-0.1, -0.05) is 40.9 Å². The summed E-state index contributed by atoms with van der Waals surface area (Å²) in [5.74, 6) is -0.188. The highest BCUT2D eigenvalue weighted by molar-refractivity contribution is 7.92. The van der Waals surface area contributed by atoms with Crippen LogP contribution < -0.4 is 20.1 Å². The van der Waals surface area contributed by atoms with Crippen LogP contribution in [0.1, 0.15) is 11.1 Å². The summed E-state index contributed by atoms with van der Waals surface area (Å²) in [5, 5.41) is 6.05. The number of anilines is 2. The lowest BCUT2D eigenvalue weighted by Gasteiger charge is -2.13. The van der Waals surface area contributed by atoms with Crippen molar-refractivity contribution in [1.82, 2.24) is 5.32 Å². The molecular formula is C23H21Cl2N3O4S2. The van der Waals surface area contributed by atoms with Crippen LogP contribution in [0.15, 0.2) is 65.6 Å². The number of amides is 1. The molecule has 3 rings (SSSR count). The molecule has 0 saturated heterocycles. The molecule has 0 bridgehead atoms. The largest absolute Gasteiger partial charge is 0.482 e. The molecule has 7 nitrogen and oxygen atoms in total. The van der Waals surface area contributed by atoms with E-state index in [9.17, 15) is 13.2 Å². The van der Waals surface area contributed by atoms with Crippen LogP contribution in [0.25, 0.3) is 0 Å². The van der Waals surface area contributed by atoms with Crippen molar-refractivity contribution < 1.29 is 17.9 Å². The highest BCUT2D eigenvalue weighted by Gasteiger charge is 2.16. The fraction of sp³-hybridized carbons (Fsp3) is 0.130. The predicted molar refractivity (Wildman–Crippen MR) is 139 cm³/mol. The zero-order valence-electron chi connectivity index (χ0n) is 18.2. The number of benzene rings is 3. The highest BCUT2D eigenvalue weighted by Crippen LogP contribution is 2.27. The second kappa shape index (κ2) is 11.1. The van der Waals surface area contributed by atoms with Gasteiger partial charge in [-0.15, -0.1) is 0 Å². The monoisotopic (exact) mass is 537 g/mol. The molecule has 0 saturated carbocycles. The van der Waals surface area contributed by atoms with Crippen LogP contribution in [0.4, 0.5) is 11.4 Å². The van der Waals surface area contributed by atoms with Crippen LogP contribution in [0, 0.1) is 13.8 Å². The van der Waals surface area contributed by atoms with Crippen molar-refractivity contribution in [3.05, 3.63) is 81.8 Å². The van der Waals surface area contributed by atoms with E-state index < -0.39 is 15.9 Å². The Labute approximate surface area is 213 Å². The first kappa shape index (κ1) is 25.8. The summed E-state index contributed by atoms with van der Waals surface area (Å²) in [6.07, 6.45) is 0. The smallest absolute Gasteiger partial charge is 0.264 e. The third-order valence-electron chi connectivity index (χ3n) is 4.55. The van der Waals surface area contributed by atoms with Gasteiger partial charge >= 0.3 is 0 Å². The first-order valence-corrected chi connectivity index (χ1v) is 12.6. The topological polar surface area (TPSA) is 96.5 Å². The number of aryl methyl sites for hydroxylation is 2. The molecule has 0 aromatic heterocycles. The van der Waals surface area contributed by atoms with Crippen molar-refractivity contribution in [3.63, 3.8) is 0 Å². The lowest BCUT2D eigenvalue weighted by atomic mass is 10.1. The van der Waals surface area contributed by atoms with Crippen molar-refractivity contribution in [3.8, 4) is 5.75 Å². The molecular weight excluding hydrogens is 517 g/mol. The van der Waals surface area contributed by atoms with E-state index in [-0.39, 0.29) is 21.6 Å². The minimum absolute atomic E-state index is 0.0276. The Kier molecular flexibility index (Phi) is 8.37. The number of carbonyl (C=O) groups excluding carboxylic acids is 1. The molecule has 3 aromatic rings. The van der Waals surface area contributed by atoms with Gasteiger partial charge in [0, 0.05) is 10.7 Å². The van der Waals surface area contributed by atoms with Crippen LogP contribution in [0.3, 0.4) is 0 Å². The van der Waals surface area contributed by atoms with Gasteiger partial charge in [0.05, 0.1) is 15.6 Å². The number of thiocarbonyl (C=S) groups is 1. The zero-order chi connectivity index (χ0) is 24.9. The minimum Gasteiger partial charge on any atom is -0.482 e. The van der Waals surface area contributed by atoms with Crippen LogP contribution >= 0.6 is 35.4 Å². The van der Waals surface area contributed by atoms with Crippen molar-refractivity contribution >= 4 is 67.8 Å². The van der Waals surface area contributed by atoms with Gasteiger partial charge < -0.3 is 10.1 Å². The highest BCUT2D eigenvalue weighted by atomic mass is 35.5. The second-order valence-electron chi connectivity index (χ2n) is 7.31. The zero-order valence-corrected chi connectivity index (χ0v) is 21.3. The Morgan fingerprint density at radius 3 is 2.35 bits per heavy atom. The number of carbonyl (C=O) groups is 1. The first-order chi connectivity index (χ1) is 16.0. The van der Waals surface area contributed by atoms with Gasteiger partial charge in [-0.3, -0.25) is 14.8 Å². The quantitative estimate of drug-likeness (QED) is 0.353. The van der Waals surface area contributed by atoms with E-state index in [0.717, 1.165) is 11.1 Å². The average molecular weight is 538 g/mol. The van der Waals surface area contributed by atoms with Crippen LogP contribution in [-0.2, 0) is 14.8 Å². The molecule has 3 aromatic carbocycles. The van der Waals surface area contributed by atoms with Gasteiger partial charge in [0.15, 0.2) is 11.7 Å². The van der Waals surface area contributed by atoms with E-state index in [1.54, 1.807) is 30.3 Å². The molecule has 11 heteroatoms. The number of rotatable bonds is 7. The fourth-order valence-electron chi connectivity index (χ4n) is 2.91. The maximum Gasteiger partial charge on any atom is 0.264 e. The standard InChI is InChI=1S/C23H21Cl2N3O4S2/c1-14-3-9-20(15(2)11-14)28-34(30,31)18-7-5-17(6-8-18)26-23(33)27-22(29)13-32-21-10-4-16(24)12-19(21)25/h3-12,28H,13H2,1-2H3,(H2,26,27,29,33). The van der Waals surface area contributed by atoms with E-state index in [1.165, 1.54) is 18.2 Å². The van der Waals surface area contributed by atoms with Gasteiger partial charge in [-0.2, -0.15) is 0 Å². The second-order valence-corrected chi connectivity index (χ2v) is 10.2. The number of ether oxygens (including phenoxy) is 1. The van der Waals surface area contributed by atoms with Gasteiger partial charge in [0.1, 0.15) is 5.75 Å². The lowest BCUT2D eigenvalue weighted by Crippen LogP contribution is -2.37. The molecule has 0 fully saturated rings. The first-order valence-electron chi connectivity index (χ1n) is 9.92. The number of sulfonamides is 1. The predicted octanol–water partition coefficient (Wildman–Crippen LogP) is 5.30. The fourth-order valence-corrected chi connectivity index (χ4v) is 4.74. The Balaban J connectivity index is 1.55. The molecule has 0 atom stereocenters. The summed E-state index contributed by atoms with van der Waals surface area (Å²) in [4.78, 5) is 12.2. The normalized spacial score (nSPS) is 10.9. The number of hydrogen-bond donors (Lipinski definition) is 3. The summed E-state index contributed by atoms with van der Waals surface area (Å²) in [5.41, 5.74) is 2.88. The van der Waals surface area contributed by atoms with Crippen molar-refractivity contribution in [2.24, 2.45) is 0 Å². The minimum atomic E-state index is -3.77. The summed E-state index contributed by atoms with van der Waals surface area (Å²) >= 11 is 17.0. The van der Waals surface area contributed by atoms with E-state index in [1.807, 2.05) is 26.0 Å². The summed E-state index contributed by atoms with van der Waals surface area (Å²) < 4.78 is 33.4. The maximum absolute atomic E-state index is 12.7. The van der Waals surface area contributed by atoms with Crippen LogP contribution in [0.5, 0.6) is 5.75 Å². The number of nitrogens with one attached hydrogen (secondary N) is 3. The third kappa shape index (κ3) is 7.07. The molecule has 0 aliphatic rings. The molecule has 0 spiro atoms. The molecule has 0 radical (unpaired) electrons. The summed E-state index contributed by atoms with van der Waals surface area (Å²) in [6, 6.07) is 16.1. The molecule has 0 aliphatic carbocycles. The van der Waals surface area contributed by atoms with Crippen molar-refractivity contribution in [1.29, 1.82) is 0 Å². The Morgan fingerprint density at radius 2 is 1.71 bits per heavy atom. The molecule has 178 valence electrons. The van der Waals surface area contributed by atoms with E-state index in [4.69, 9.17) is 40.2 Å². The summed E-state index contributed by atoms with van der Waals surface area (Å²) in [7, 11) is -3.77. The maximum atomic E-state index is 12.7. The number of halogens is 2. The van der Waals surface area contributed by atoms with E-state index in [2.05, 4.69) is 15.4 Å². The van der Waals surface area contributed by atoms with Crippen LogP contribution in [-0.4, -0.2) is 26.0 Å². The molecule has 1 amide bonds. The third-order valence-corrected chi connectivity index (χ3v) is 6.67. The number of hydrogen-bond acceptors (Lipinski definition) is 5. The van der Waals surface area contributed by atoms with E-state index in [0.29, 0.717) is 22.1 Å². The van der Waals surface area contributed by atoms with Gasteiger partial charge in [-0.25, -0.2) is 8.42 Å². The molecule has 3 N–H and O–H groups in total. The lowest BCUT2D eigenvalue weighted by molar-refractivity contribution is -0.121. The molecule has 0 heterocycles. The Hall–Kier alpha value is -2.85. The SMILES string of the molecule is Cc1ccc(NS(=O)(=O)c2ccc(NC(=S)NC(=O)COc3ccc(Cl)cc3Cl)cc2)c(C)c1. The van der Waals surface area contributed by atoms with Gasteiger partial charge in [0.25, 0.3) is 15.9 Å². The van der Waals surface area contributed by atoms with Crippen molar-refractivity contribution in [2.45, 2.75) is 18.7 Å². The molecule has 34 heavy (non-hydrogen) atoms. The Morgan fingerprint density at radius 1 is 1.00 bits per heavy atom. The molecule has 0 unspecified atom stereocenters. The van der Waals surface area contributed by atoms with Gasteiger partial charge in [0.2, 0.25) is 0 Å². The Bertz CT molecular complexity index is 1330. The van der Waals surface area contributed by atoms with Gasteiger partial charge in [-0.05, 0) is 80.2 Å². The average Bonchev–Trinajstić information content (AvgIpc) is 2.75. The molecule has 0 aliphatic heterocycles. The van der Waals surface area contributed by atoms with Crippen LogP contribution in [0.2, 0.25) is 10.0 Å². The van der Waals surface area contributed by atoms with E-state index >= 15 is 0 Å². The summed E-state index contributed by atoms with van der Waals surface area (Å²) in [6.45, 7) is 3.46. The van der Waals surface area contributed by atoms with Crippen molar-refractivity contribution in [2.75, 3.05) is 16.6 Å².